The first-order chi connectivity index (χ1) is 12.0. The Morgan fingerprint density at radius 2 is 1.72 bits per heavy atom. The second-order valence-electron chi connectivity index (χ2n) is 5.12. The first kappa shape index (κ1) is 17.5. The van der Waals surface area contributed by atoms with Crippen molar-refractivity contribution in [2.45, 2.75) is 0 Å². The molecule has 0 aliphatic rings. The van der Waals surface area contributed by atoms with E-state index in [1.807, 2.05) is 0 Å². The van der Waals surface area contributed by atoms with Crippen LogP contribution in [0.4, 0.5) is 17.2 Å². The van der Waals surface area contributed by atoms with Gasteiger partial charge in [-0.2, -0.15) is 0 Å². The van der Waals surface area contributed by atoms with Gasteiger partial charge >= 0.3 is 0 Å². The average Bonchev–Trinajstić information content (AvgIpc) is 2.58. The molecule has 1 heterocycles. The molecule has 0 spiro atoms. The Morgan fingerprint density at radius 3 is 2.48 bits per heavy atom. The van der Waals surface area contributed by atoms with Crippen molar-refractivity contribution < 1.29 is 4.79 Å². The minimum Gasteiger partial charge on any atom is -0.340 e. The van der Waals surface area contributed by atoms with Gasteiger partial charge in [0.05, 0.1) is 15.6 Å². The summed E-state index contributed by atoms with van der Waals surface area (Å²) in [5.74, 6) is 0.0957. The predicted octanol–water partition coefficient (Wildman–Crippen LogP) is 6.04. The minimum atomic E-state index is -0.307. The Morgan fingerprint density at radius 1 is 0.880 bits per heavy atom. The Labute approximate surface area is 159 Å². The molecule has 3 aromatic rings. The van der Waals surface area contributed by atoms with E-state index in [1.165, 1.54) is 0 Å². The van der Waals surface area contributed by atoms with Gasteiger partial charge in [0.25, 0.3) is 5.91 Å². The van der Waals surface area contributed by atoms with Crippen LogP contribution in [0, 0.1) is 0 Å². The zero-order valence-electron chi connectivity index (χ0n) is 12.8. The molecule has 2 N–H and O–H groups in total. The van der Waals surface area contributed by atoms with E-state index < -0.39 is 0 Å². The van der Waals surface area contributed by atoms with Gasteiger partial charge in [-0.25, -0.2) is 4.98 Å². The number of rotatable bonds is 4. The van der Waals surface area contributed by atoms with Gasteiger partial charge in [0.2, 0.25) is 0 Å². The fraction of sp³-hybridized carbons (Fsp3) is 0. The third-order valence-electron chi connectivity index (χ3n) is 3.32. The molecule has 4 nitrogen and oxygen atoms in total. The summed E-state index contributed by atoms with van der Waals surface area (Å²) in [6.07, 6.45) is 1.59. The highest BCUT2D eigenvalue weighted by Crippen LogP contribution is 2.27. The number of hydrogen-bond acceptors (Lipinski definition) is 3. The van der Waals surface area contributed by atoms with Gasteiger partial charge in [0, 0.05) is 22.6 Å². The molecule has 0 fully saturated rings. The summed E-state index contributed by atoms with van der Waals surface area (Å²) >= 11 is 17.9. The van der Waals surface area contributed by atoms with Crippen LogP contribution in [0.15, 0.2) is 60.8 Å². The Hall–Kier alpha value is -2.27. The molecule has 25 heavy (non-hydrogen) atoms. The highest BCUT2D eigenvalue weighted by molar-refractivity contribution is 6.42. The van der Waals surface area contributed by atoms with E-state index in [-0.39, 0.29) is 5.91 Å². The van der Waals surface area contributed by atoms with Crippen molar-refractivity contribution in [1.82, 2.24) is 4.98 Å². The summed E-state index contributed by atoms with van der Waals surface area (Å²) in [7, 11) is 0. The van der Waals surface area contributed by atoms with Crippen molar-refractivity contribution in [3.05, 3.63) is 81.4 Å². The number of carbonyl (C=O) groups is 1. The monoisotopic (exact) mass is 391 g/mol. The third-order valence-corrected chi connectivity index (χ3v) is 4.29. The van der Waals surface area contributed by atoms with E-state index >= 15 is 0 Å². The molecule has 126 valence electrons. The smallest absolute Gasteiger partial charge is 0.259 e. The second-order valence-corrected chi connectivity index (χ2v) is 6.37. The standard InChI is InChI=1S/C18H12Cl3N3O/c19-11-3-1-4-12(9-11)24-18(25)14-5-2-8-22-17(14)23-13-6-7-15(20)16(21)10-13/h1-10H,(H,22,23)(H,24,25). The Kier molecular flexibility index (Phi) is 5.43. The van der Waals surface area contributed by atoms with E-state index in [0.717, 1.165) is 0 Å². The lowest BCUT2D eigenvalue weighted by molar-refractivity contribution is 0.102. The number of hydrogen-bond donors (Lipinski definition) is 2. The van der Waals surface area contributed by atoms with Crippen molar-refractivity contribution in [2.24, 2.45) is 0 Å². The summed E-state index contributed by atoms with van der Waals surface area (Å²) in [6, 6.07) is 15.4. The maximum Gasteiger partial charge on any atom is 0.259 e. The molecular weight excluding hydrogens is 381 g/mol. The first-order valence-corrected chi connectivity index (χ1v) is 8.40. The van der Waals surface area contributed by atoms with Crippen LogP contribution in [0.1, 0.15) is 10.4 Å². The van der Waals surface area contributed by atoms with Gasteiger partial charge in [-0.1, -0.05) is 40.9 Å². The quantitative estimate of drug-likeness (QED) is 0.569. The number of amides is 1. The molecule has 0 aliphatic heterocycles. The normalized spacial score (nSPS) is 10.4. The highest BCUT2D eigenvalue weighted by atomic mass is 35.5. The fourth-order valence-corrected chi connectivity index (χ4v) is 2.65. The van der Waals surface area contributed by atoms with Crippen LogP contribution >= 0.6 is 34.8 Å². The molecule has 2 aromatic carbocycles. The van der Waals surface area contributed by atoms with Gasteiger partial charge in [-0.05, 0) is 48.5 Å². The number of carbonyl (C=O) groups excluding carboxylic acids is 1. The largest absolute Gasteiger partial charge is 0.340 e. The molecule has 0 unspecified atom stereocenters. The number of halogens is 3. The lowest BCUT2D eigenvalue weighted by atomic mass is 10.2. The molecule has 0 saturated carbocycles. The molecule has 0 bridgehead atoms. The van der Waals surface area contributed by atoms with E-state index in [9.17, 15) is 4.79 Å². The van der Waals surface area contributed by atoms with Gasteiger partial charge in [-0.15, -0.1) is 0 Å². The molecule has 7 heteroatoms. The van der Waals surface area contributed by atoms with Crippen LogP contribution in [0.25, 0.3) is 0 Å². The molecule has 0 atom stereocenters. The van der Waals surface area contributed by atoms with Crippen LogP contribution in [-0.4, -0.2) is 10.9 Å². The second kappa shape index (κ2) is 7.74. The molecule has 0 saturated heterocycles. The van der Waals surface area contributed by atoms with Crippen LogP contribution in [-0.2, 0) is 0 Å². The summed E-state index contributed by atoms with van der Waals surface area (Å²) < 4.78 is 0. The fourth-order valence-electron chi connectivity index (χ4n) is 2.16. The summed E-state index contributed by atoms with van der Waals surface area (Å²) in [5.41, 5.74) is 1.65. The van der Waals surface area contributed by atoms with Crippen LogP contribution in [0.5, 0.6) is 0 Å². The van der Waals surface area contributed by atoms with E-state index in [0.29, 0.717) is 37.8 Å². The van der Waals surface area contributed by atoms with Crippen molar-refractivity contribution in [3.8, 4) is 0 Å². The van der Waals surface area contributed by atoms with Crippen LogP contribution < -0.4 is 10.6 Å². The molecule has 3 rings (SSSR count). The number of benzene rings is 2. The maximum atomic E-state index is 12.6. The Bertz CT molecular complexity index is 931. The van der Waals surface area contributed by atoms with Gasteiger partial charge in [-0.3, -0.25) is 4.79 Å². The third kappa shape index (κ3) is 4.42. The maximum absolute atomic E-state index is 12.6. The van der Waals surface area contributed by atoms with Crippen molar-refractivity contribution in [2.75, 3.05) is 10.6 Å². The van der Waals surface area contributed by atoms with E-state index in [2.05, 4.69) is 15.6 Å². The van der Waals surface area contributed by atoms with Crippen molar-refractivity contribution >= 4 is 57.9 Å². The molecule has 1 amide bonds. The van der Waals surface area contributed by atoms with Gasteiger partial charge in [0.15, 0.2) is 0 Å². The van der Waals surface area contributed by atoms with E-state index in [1.54, 1.807) is 60.8 Å². The summed E-state index contributed by atoms with van der Waals surface area (Å²) in [5, 5.41) is 7.27. The number of nitrogens with one attached hydrogen (secondary N) is 2. The zero-order valence-corrected chi connectivity index (χ0v) is 15.0. The van der Waals surface area contributed by atoms with Gasteiger partial charge in [0.1, 0.15) is 5.82 Å². The lowest BCUT2D eigenvalue weighted by Crippen LogP contribution is -2.14. The summed E-state index contributed by atoms with van der Waals surface area (Å²) in [6.45, 7) is 0. The molecule has 0 aliphatic carbocycles. The van der Waals surface area contributed by atoms with Crippen LogP contribution in [0.3, 0.4) is 0 Å². The SMILES string of the molecule is O=C(Nc1cccc(Cl)c1)c1cccnc1Nc1ccc(Cl)c(Cl)c1. The first-order valence-electron chi connectivity index (χ1n) is 7.27. The number of anilines is 3. The Balaban J connectivity index is 1.85. The summed E-state index contributed by atoms with van der Waals surface area (Å²) in [4.78, 5) is 16.8. The van der Waals surface area contributed by atoms with Crippen molar-refractivity contribution in [3.63, 3.8) is 0 Å². The van der Waals surface area contributed by atoms with Crippen molar-refractivity contribution in [1.29, 1.82) is 0 Å². The predicted molar refractivity (Wildman–Crippen MR) is 103 cm³/mol. The number of nitrogens with zero attached hydrogens (tertiary/aromatic N) is 1. The van der Waals surface area contributed by atoms with E-state index in [4.69, 9.17) is 34.8 Å². The highest BCUT2D eigenvalue weighted by Gasteiger charge is 2.13. The van der Waals surface area contributed by atoms with Gasteiger partial charge < -0.3 is 10.6 Å². The molecule has 1 aromatic heterocycles. The minimum absolute atomic E-state index is 0.307. The molecular formula is C18H12Cl3N3O. The zero-order chi connectivity index (χ0) is 17.8. The number of pyridine rings is 1. The van der Waals surface area contributed by atoms with Crippen LogP contribution in [0.2, 0.25) is 15.1 Å². The topological polar surface area (TPSA) is 54.0 Å². The lowest BCUT2D eigenvalue weighted by Gasteiger charge is -2.12. The molecule has 0 radical (unpaired) electrons. The average molecular weight is 393 g/mol. The number of aromatic nitrogens is 1.